The summed E-state index contributed by atoms with van der Waals surface area (Å²) < 4.78 is 0. The minimum atomic E-state index is -0.268. The molecule has 0 bridgehead atoms. The summed E-state index contributed by atoms with van der Waals surface area (Å²) in [5, 5.41) is 16.9. The van der Waals surface area contributed by atoms with E-state index in [1.54, 1.807) is 0 Å². The van der Waals surface area contributed by atoms with Crippen LogP contribution in [-0.2, 0) is 6.54 Å². The maximum Gasteiger partial charge on any atom is 0.166 e. The Labute approximate surface area is 114 Å². The SMILES string of the molecule is O[C@H]1CCCC[C@H]1NC(=S)NCc1ccccc1. The zero-order chi connectivity index (χ0) is 12.8. The molecule has 3 N–H and O–H groups in total. The summed E-state index contributed by atoms with van der Waals surface area (Å²) in [6, 6.07) is 10.3. The molecule has 1 aliphatic carbocycles. The second-order valence-electron chi connectivity index (χ2n) is 4.77. The van der Waals surface area contributed by atoms with Gasteiger partial charge in [0.1, 0.15) is 0 Å². The zero-order valence-corrected chi connectivity index (χ0v) is 11.2. The Balaban J connectivity index is 1.75. The molecule has 0 radical (unpaired) electrons. The molecule has 98 valence electrons. The highest BCUT2D eigenvalue weighted by atomic mass is 32.1. The molecule has 0 spiro atoms. The van der Waals surface area contributed by atoms with Crippen molar-refractivity contribution in [3.8, 4) is 0 Å². The molecule has 4 heteroatoms. The minimum Gasteiger partial charge on any atom is -0.391 e. The third kappa shape index (κ3) is 3.96. The van der Waals surface area contributed by atoms with Crippen molar-refractivity contribution < 1.29 is 5.11 Å². The largest absolute Gasteiger partial charge is 0.391 e. The van der Waals surface area contributed by atoms with Crippen molar-refractivity contribution in [2.24, 2.45) is 0 Å². The van der Waals surface area contributed by atoms with Crippen LogP contribution in [0.4, 0.5) is 0 Å². The van der Waals surface area contributed by atoms with Gasteiger partial charge in [-0.2, -0.15) is 0 Å². The number of nitrogens with one attached hydrogen (secondary N) is 2. The van der Waals surface area contributed by atoms with Crippen molar-refractivity contribution in [3.63, 3.8) is 0 Å². The monoisotopic (exact) mass is 264 g/mol. The first-order valence-electron chi connectivity index (χ1n) is 6.52. The van der Waals surface area contributed by atoms with E-state index in [0.29, 0.717) is 5.11 Å². The van der Waals surface area contributed by atoms with Gasteiger partial charge in [-0.15, -0.1) is 0 Å². The molecule has 1 aromatic carbocycles. The van der Waals surface area contributed by atoms with Crippen LogP contribution < -0.4 is 10.6 Å². The van der Waals surface area contributed by atoms with Gasteiger partial charge in [0.25, 0.3) is 0 Å². The first kappa shape index (κ1) is 13.3. The average Bonchev–Trinajstić information content (AvgIpc) is 2.40. The van der Waals surface area contributed by atoms with Gasteiger partial charge in [-0.3, -0.25) is 0 Å². The minimum absolute atomic E-state index is 0.106. The van der Waals surface area contributed by atoms with Crippen LogP contribution in [0.1, 0.15) is 31.2 Å². The van der Waals surface area contributed by atoms with Gasteiger partial charge >= 0.3 is 0 Å². The lowest BCUT2D eigenvalue weighted by Gasteiger charge is -2.29. The van der Waals surface area contributed by atoms with Crippen molar-refractivity contribution in [2.75, 3.05) is 0 Å². The van der Waals surface area contributed by atoms with E-state index in [1.165, 1.54) is 5.56 Å². The Morgan fingerprint density at radius 3 is 2.67 bits per heavy atom. The Hall–Kier alpha value is -1.13. The number of hydrogen-bond donors (Lipinski definition) is 3. The number of hydrogen-bond acceptors (Lipinski definition) is 2. The Bertz CT molecular complexity index is 383. The highest BCUT2D eigenvalue weighted by Gasteiger charge is 2.23. The van der Waals surface area contributed by atoms with Gasteiger partial charge in [-0.25, -0.2) is 0 Å². The fourth-order valence-corrected chi connectivity index (χ4v) is 2.50. The van der Waals surface area contributed by atoms with E-state index in [2.05, 4.69) is 22.8 Å². The summed E-state index contributed by atoms with van der Waals surface area (Å²) in [5.74, 6) is 0. The van der Waals surface area contributed by atoms with Crippen LogP contribution in [0.25, 0.3) is 0 Å². The Morgan fingerprint density at radius 2 is 1.94 bits per heavy atom. The van der Waals surface area contributed by atoms with Crippen LogP contribution in [0.3, 0.4) is 0 Å². The summed E-state index contributed by atoms with van der Waals surface area (Å²) in [4.78, 5) is 0. The van der Waals surface area contributed by atoms with Crippen LogP contribution in [0.15, 0.2) is 30.3 Å². The van der Waals surface area contributed by atoms with E-state index in [1.807, 2.05) is 18.2 Å². The molecule has 0 saturated heterocycles. The van der Waals surface area contributed by atoms with Gasteiger partial charge in [0.2, 0.25) is 0 Å². The predicted molar refractivity (Wildman–Crippen MR) is 77.3 cm³/mol. The summed E-state index contributed by atoms with van der Waals surface area (Å²) in [6.45, 7) is 0.718. The third-order valence-corrected chi connectivity index (χ3v) is 3.60. The van der Waals surface area contributed by atoms with Crippen LogP contribution >= 0.6 is 12.2 Å². The van der Waals surface area contributed by atoms with Crippen molar-refractivity contribution in [1.29, 1.82) is 0 Å². The lowest BCUT2D eigenvalue weighted by atomic mass is 9.93. The van der Waals surface area contributed by atoms with Crippen molar-refractivity contribution >= 4 is 17.3 Å². The van der Waals surface area contributed by atoms with Crippen LogP contribution in [0.2, 0.25) is 0 Å². The lowest BCUT2D eigenvalue weighted by Crippen LogP contribution is -2.48. The normalized spacial score (nSPS) is 23.4. The molecule has 2 atom stereocenters. The second-order valence-corrected chi connectivity index (χ2v) is 5.18. The molecule has 1 fully saturated rings. The molecule has 0 unspecified atom stereocenters. The molecular weight excluding hydrogens is 244 g/mol. The summed E-state index contributed by atoms with van der Waals surface area (Å²) in [5.41, 5.74) is 1.20. The molecular formula is C14H20N2OS. The number of aliphatic hydroxyl groups is 1. The highest BCUT2D eigenvalue weighted by molar-refractivity contribution is 7.80. The molecule has 1 aromatic rings. The fourth-order valence-electron chi connectivity index (χ4n) is 2.28. The summed E-state index contributed by atoms with van der Waals surface area (Å²) in [7, 11) is 0. The zero-order valence-electron chi connectivity index (χ0n) is 10.4. The van der Waals surface area contributed by atoms with Gasteiger partial charge in [0.05, 0.1) is 12.1 Å². The van der Waals surface area contributed by atoms with E-state index in [9.17, 15) is 5.11 Å². The van der Waals surface area contributed by atoms with Crippen molar-refractivity contribution in [1.82, 2.24) is 10.6 Å². The van der Waals surface area contributed by atoms with Crippen LogP contribution in [-0.4, -0.2) is 22.4 Å². The van der Waals surface area contributed by atoms with E-state index < -0.39 is 0 Å². The van der Waals surface area contributed by atoms with Gasteiger partial charge in [-0.05, 0) is 30.6 Å². The first-order valence-corrected chi connectivity index (χ1v) is 6.93. The summed E-state index contributed by atoms with van der Waals surface area (Å²) in [6.07, 6.45) is 3.88. The van der Waals surface area contributed by atoms with E-state index in [-0.39, 0.29) is 12.1 Å². The van der Waals surface area contributed by atoms with E-state index in [0.717, 1.165) is 32.2 Å². The van der Waals surface area contributed by atoms with Crippen LogP contribution in [0, 0.1) is 0 Å². The molecule has 2 rings (SSSR count). The molecule has 0 aromatic heterocycles. The van der Waals surface area contributed by atoms with E-state index in [4.69, 9.17) is 12.2 Å². The Morgan fingerprint density at radius 1 is 1.22 bits per heavy atom. The first-order chi connectivity index (χ1) is 8.75. The quantitative estimate of drug-likeness (QED) is 0.730. The second kappa shape index (κ2) is 6.71. The predicted octanol–water partition coefficient (Wildman–Crippen LogP) is 1.95. The van der Waals surface area contributed by atoms with E-state index >= 15 is 0 Å². The maximum atomic E-state index is 9.85. The Kier molecular flexibility index (Phi) is 4.96. The fraction of sp³-hybridized carbons (Fsp3) is 0.500. The lowest BCUT2D eigenvalue weighted by molar-refractivity contribution is 0.0997. The van der Waals surface area contributed by atoms with Crippen molar-refractivity contribution in [3.05, 3.63) is 35.9 Å². The van der Waals surface area contributed by atoms with Gasteiger partial charge in [-0.1, -0.05) is 43.2 Å². The molecule has 1 aliphatic rings. The topological polar surface area (TPSA) is 44.3 Å². The molecule has 1 saturated carbocycles. The van der Waals surface area contributed by atoms with Gasteiger partial charge < -0.3 is 15.7 Å². The number of thiocarbonyl (C=S) groups is 1. The number of benzene rings is 1. The average molecular weight is 264 g/mol. The standard InChI is InChI=1S/C14H20N2OS/c17-13-9-5-4-8-12(13)16-14(18)15-10-11-6-2-1-3-7-11/h1-3,6-7,12-13,17H,4-5,8-10H2,(H2,15,16,18)/t12-,13+/m1/s1. The number of rotatable bonds is 3. The third-order valence-electron chi connectivity index (χ3n) is 3.34. The van der Waals surface area contributed by atoms with Gasteiger partial charge in [0.15, 0.2) is 5.11 Å². The molecule has 3 nitrogen and oxygen atoms in total. The van der Waals surface area contributed by atoms with Crippen LogP contribution in [0.5, 0.6) is 0 Å². The highest BCUT2D eigenvalue weighted by Crippen LogP contribution is 2.18. The number of aliphatic hydroxyl groups excluding tert-OH is 1. The smallest absolute Gasteiger partial charge is 0.166 e. The molecule has 0 aliphatic heterocycles. The molecule has 0 amide bonds. The molecule has 18 heavy (non-hydrogen) atoms. The van der Waals surface area contributed by atoms with Gasteiger partial charge in [0, 0.05) is 6.54 Å². The maximum absolute atomic E-state index is 9.85. The molecule has 0 heterocycles. The van der Waals surface area contributed by atoms with Crippen molar-refractivity contribution in [2.45, 2.75) is 44.4 Å². The summed E-state index contributed by atoms with van der Waals surface area (Å²) >= 11 is 5.25.